The van der Waals surface area contributed by atoms with Gasteiger partial charge in [-0.1, -0.05) is 13.8 Å². The second-order valence-electron chi connectivity index (χ2n) is 5.88. The largest absolute Gasteiger partial charge is 0.392 e. The molecule has 0 aromatic carbocycles. The molecule has 15 heavy (non-hydrogen) atoms. The first-order valence-corrected chi connectivity index (χ1v) is 5.74. The maximum Gasteiger partial charge on any atom is 0.231 e. The number of aliphatic hydroxyl groups is 1. The number of aliphatic hydroxyl groups excluding tert-OH is 1. The fourth-order valence-electron chi connectivity index (χ4n) is 3.85. The highest BCUT2D eigenvalue weighted by atomic mass is 16.3. The lowest BCUT2D eigenvalue weighted by Gasteiger charge is -2.40. The Balaban J connectivity index is 2.44. The zero-order chi connectivity index (χ0) is 11.4. The van der Waals surface area contributed by atoms with E-state index in [0.29, 0.717) is 5.92 Å². The van der Waals surface area contributed by atoms with Crippen molar-refractivity contribution in [3.05, 3.63) is 0 Å². The molecule has 2 bridgehead atoms. The summed E-state index contributed by atoms with van der Waals surface area (Å²) in [6, 6.07) is 0. The minimum atomic E-state index is -0.513. The van der Waals surface area contributed by atoms with E-state index in [4.69, 9.17) is 0 Å². The number of rotatable bonds is 1. The average molecular weight is 211 g/mol. The second kappa shape index (κ2) is 2.97. The summed E-state index contributed by atoms with van der Waals surface area (Å²) in [6.45, 7) is 4.28. The van der Waals surface area contributed by atoms with Crippen LogP contribution in [0.3, 0.4) is 0 Å². The first-order chi connectivity index (χ1) is 6.84. The average Bonchev–Trinajstić information content (AvgIpc) is 2.49. The molecule has 3 atom stereocenters. The van der Waals surface area contributed by atoms with Gasteiger partial charge in [-0.3, -0.25) is 4.79 Å². The lowest BCUT2D eigenvalue weighted by molar-refractivity contribution is -0.151. The van der Waals surface area contributed by atoms with Gasteiger partial charge in [-0.25, -0.2) is 0 Å². The molecular weight excluding hydrogens is 190 g/mol. The predicted octanol–water partition coefficient (Wildman–Crippen LogP) is 1.26. The third kappa shape index (κ3) is 1.07. The van der Waals surface area contributed by atoms with Gasteiger partial charge < -0.3 is 10.0 Å². The summed E-state index contributed by atoms with van der Waals surface area (Å²) in [7, 11) is 3.57. The molecule has 2 aliphatic carbocycles. The van der Waals surface area contributed by atoms with Crippen LogP contribution < -0.4 is 0 Å². The van der Waals surface area contributed by atoms with Crippen molar-refractivity contribution in [3.8, 4) is 0 Å². The Bertz CT molecular complexity index is 298. The van der Waals surface area contributed by atoms with Crippen LogP contribution in [0.2, 0.25) is 0 Å². The predicted molar refractivity (Wildman–Crippen MR) is 58.3 cm³/mol. The monoisotopic (exact) mass is 211 g/mol. The number of hydrogen-bond acceptors (Lipinski definition) is 2. The van der Waals surface area contributed by atoms with E-state index in [2.05, 4.69) is 13.8 Å². The summed E-state index contributed by atoms with van der Waals surface area (Å²) < 4.78 is 0. The number of fused-ring (bicyclic) bond motifs is 2. The van der Waals surface area contributed by atoms with Crippen LogP contribution in [0.5, 0.6) is 0 Å². The summed E-state index contributed by atoms with van der Waals surface area (Å²) in [5.74, 6) is 0.622. The van der Waals surface area contributed by atoms with Crippen LogP contribution in [0.4, 0.5) is 0 Å². The van der Waals surface area contributed by atoms with E-state index < -0.39 is 11.5 Å². The Morgan fingerprint density at radius 2 is 2.00 bits per heavy atom. The Morgan fingerprint density at radius 1 is 1.40 bits per heavy atom. The lowest BCUT2D eigenvalue weighted by Crippen LogP contribution is -2.50. The van der Waals surface area contributed by atoms with Crippen molar-refractivity contribution in [2.24, 2.45) is 16.7 Å². The Kier molecular flexibility index (Phi) is 2.16. The molecule has 0 heterocycles. The van der Waals surface area contributed by atoms with Gasteiger partial charge in [0.2, 0.25) is 5.91 Å². The summed E-state index contributed by atoms with van der Waals surface area (Å²) in [6.07, 6.45) is 2.29. The zero-order valence-electron chi connectivity index (χ0n) is 10.1. The van der Waals surface area contributed by atoms with E-state index in [1.54, 1.807) is 19.0 Å². The van der Waals surface area contributed by atoms with E-state index in [0.717, 1.165) is 19.3 Å². The molecule has 0 aromatic heterocycles. The molecule has 0 saturated heterocycles. The Labute approximate surface area is 91.5 Å². The molecule has 2 saturated carbocycles. The third-order valence-corrected chi connectivity index (χ3v) is 4.92. The van der Waals surface area contributed by atoms with Gasteiger partial charge in [0.05, 0.1) is 11.5 Å². The van der Waals surface area contributed by atoms with Gasteiger partial charge in [0, 0.05) is 14.1 Å². The van der Waals surface area contributed by atoms with Crippen LogP contribution in [-0.2, 0) is 4.79 Å². The van der Waals surface area contributed by atoms with E-state index in [1.807, 2.05) is 0 Å². The molecule has 0 unspecified atom stereocenters. The molecule has 0 aromatic rings. The number of hydrogen-bond donors (Lipinski definition) is 1. The molecule has 86 valence electrons. The highest BCUT2D eigenvalue weighted by molar-refractivity contribution is 5.85. The third-order valence-electron chi connectivity index (χ3n) is 4.92. The number of nitrogens with zero attached hydrogens (tertiary/aromatic N) is 1. The normalized spacial score (nSPS) is 41.9. The van der Waals surface area contributed by atoms with E-state index in [1.165, 1.54) is 0 Å². The molecule has 1 amide bonds. The standard InChI is InChI=1S/C12H21NO2/c1-11(2)8-5-6-12(11,9(14)7-8)10(15)13(3)4/h8-9,14H,5-7H2,1-4H3/t8-,9-,12+/m1/s1. The minimum Gasteiger partial charge on any atom is -0.392 e. The first kappa shape index (κ1) is 10.9. The minimum absolute atomic E-state index is 0.0478. The molecule has 2 rings (SSSR count). The number of amides is 1. The maximum atomic E-state index is 12.3. The quantitative estimate of drug-likeness (QED) is 0.709. The van der Waals surface area contributed by atoms with Gasteiger partial charge in [-0.05, 0) is 30.6 Å². The molecule has 0 spiro atoms. The number of carbonyl (C=O) groups excluding carboxylic acids is 1. The Hall–Kier alpha value is -0.570. The molecule has 0 radical (unpaired) electrons. The van der Waals surface area contributed by atoms with Gasteiger partial charge in [-0.15, -0.1) is 0 Å². The summed E-state index contributed by atoms with van der Waals surface area (Å²) >= 11 is 0. The maximum absolute atomic E-state index is 12.3. The van der Waals surface area contributed by atoms with Gasteiger partial charge in [0.1, 0.15) is 0 Å². The molecule has 2 fully saturated rings. The van der Waals surface area contributed by atoms with E-state index in [-0.39, 0.29) is 11.3 Å². The summed E-state index contributed by atoms with van der Waals surface area (Å²) in [4.78, 5) is 14.0. The fraction of sp³-hybridized carbons (Fsp3) is 0.917. The molecule has 0 aliphatic heterocycles. The molecular formula is C12H21NO2. The fourth-order valence-corrected chi connectivity index (χ4v) is 3.85. The van der Waals surface area contributed by atoms with Crippen molar-refractivity contribution in [2.75, 3.05) is 14.1 Å². The van der Waals surface area contributed by atoms with Crippen LogP contribution in [0.15, 0.2) is 0 Å². The smallest absolute Gasteiger partial charge is 0.231 e. The van der Waals surface area contributed by atoms with E-state index in [9.17, 15) is 9.90 Å². The van der Waals surface area contributed by atoms with Crippen molar-refractivity contribution in [2.45, 2.75) is 39.2 Å². The van der Waals surface area contributed by atoms with Crippen LogP contribution >= 0.6 is 0 Å². The van der Waals surface area contributed by atoms with Crippen LogP contribution in [-0.4, -0.2) is 36.1 Å². The summed E-state index contributed by atoms with van der Waals surface area (Å²) in [5.41, 5.74) is -0.561. The molecule has 3 nitrogen and oxygen atoms in total. The highest BCUT2D eigenvalue weighted by Gasteiger charge is 2.67. The van der Waals surface area contributed by atoms with Crippen LogP contribution in [0, 0.1) is 16.7 Å². The molecule has 1 N–H and O–H groups in total. The summed E-state index contributed by atoms with van der Waals surface area (Å²) in [5, 5.41) is 10.2. The van der Waals surface area contributed by atoms with Crippen molar-refractivity contribution in [3.63, 3.8) is 0 Å². The van der Waals surface area contributed by atoms with Gasteiger partial charge in [0.25, 0.3) is 0 Å². The Morgan fingerprint density at radius 3 is 2.33 bits per heavy atom. The number of carbonyl (C=O) groups is 1. The lowest BCUT2D eigenvalue weighted by atomic mass is 9.67. The van der Waals surface area contributed by atoms with Gasteiger partial charge in [0.15, 0.2) is 0 Å². The zero-order valence-corrected chi connectivity index (χ0v) is 10.1. The molecule has 3 heteroatoms. The first-order valence-electron chi connectivity index (χ1n) is 5.74. The second-order valence-corrected chi connectivity index (χ2v) is 5.88. The van der Waals surface area contributed by atoms with Crippen molar-refractivity contribution >= 4 is 5.91 Å². The van der Waals surface area contributed by atoms with E-state index >= 15 is 0 Å². The van der Waals surface area contributed by atoms with Crippen LogP contribution in [0.1, 0.15) is 33.1 Å². The van der Waals surface area contributed by atoms with Gasteiger partial charge in [-0.2, -0.15) is 0 Å². The SMILES string of the molecule is CN(C)C(=O)[C@]12CC[C@H](C[C@H]1O)C2(C)C. The molecule has 2 aliphatic rings. The van der Waals surface area contributed by atoms with Crippen LogP contribution in [0.25, 0.3) is 0 Å². The van der Waals surface area contributed by atoms with Gasteiger partial charge >= 0.3 is 0 Å². The van der Waals surface area contributed by atoms with Crippen molar-refractivity contribution in [1.29, 1.82) is 0 Å². The topological polar surface area (TPSA) is 40.5 Å². The highest BCUT2D eigenvalue weighted by Crippen LogP contribution is 2.66. The van der Waals surface area contributed by atoms with Crippen molar-refractivity contribution < 1.29 is 9.90 Å². The van der Waals surface area contributed by atoms with Crippen molar-refractivity contribution in [1.82, 2.24) is 4.90 Å².